The van der Waals surface area contributed by atoms with Gasteiger partial charge in [-0.2, -0.15) is 0 Å². The van der Waals surface area contributed by atoms with Crippen LogP contribution < -0.4 is 10.1 Å². The van der Waals surface area contributed by atoms with Crippen molar-refractivity contribution >= 4 is 11.6 Å². The first-order valence-corrected chi connectivity index (χ1v) is 9.81. The Kier molecular flexibility index (Phi) is 6.76. The minimum Gasteiger partial charge on any atom is -0.497 e. The molecule has 156 valence electrons. The zero-order chi connectivity index (χ0) is 21.6. The van der Waals surface area contributed by atoms with Crippen LogP contribution in [0, 0.1) is 11.8 Å². The number of nitrogens with one attached hydrogen (secondary N) is 1. The number of hydrogen-bond donors (Lipinski definition) is 2. The Morgan fingerprint density at radius 1 is 1.23 bits per heavy atom. The van der Waals surface area contributed by atoms with Crippen molar-refractivity contribution in [2.45, 2.75) is 38.4 Å². The van der Waals surface area contributed by atoms with Gasteiger partial charge in [0.05, 0.1) is 19.4 Å². The van der Waals surface area contributed by atoms with Crippen LogP contribution in [0.4, 0.5) is 0 Å². The molecule has 2 aromatic carbocycles. The minimum atomic E-state index is -1.05. The average Bonchev–Trinajstić information content (AvgIpc) is 3.18. The predicted molar refractivity (Wildman–Crippen MR) is 116 cm³/mol. The third-order valence-corrected chi connectivity index (χ3v) is 4.51. The topological polar surface area (TPSA) is 80.2 Å². The van der Waals surface area contributed by atoms with E-state index in [1.807, 2.05) is 24.3 Å². The lowest BCUT2D eigenvalue weighted by Crippen LogP contribution is -2.32. The molecule has 1 heterocycles. The molecule has 0 aliphatic carbocycles. The SMILES string of the molecule is COc1ccc(CC2=NOC(CNC(=O)c3ccc(C#CC(C)(C)O)cc3)C2)cc1. The van der Waals surface area contributed by atoms with Gasteiger partial charge in [-0.1, -0.05) is 29.1 Å². The molecule has 0 aromatic heterocycles. The molecule has 6 heteroatoms. The van der Waals surface area contributed by atoms with Gasteiger partial charge in [-0.3, -0.25) is 4.79 Å². The monoisotopic (exact) mass is 406 g/mol. The van der Waals surface area contributed by atoms with Crippen LogP contribution in [0.1, 0.15) is 41.8 Å². The van der Waals surface area contributed by atoms with Crippen molar-refractivity contribution in [2.75, 3.05) is 13.7 Å². The minimum absolute atomic E-state index is 0.167. The van der Waals surface area contributed by atoms with E-state index in [9.17, 15) is 9.90 Å². The third-order valence-electron chi connectivity index (χ3n) is 4.51. The molecular weight excluding hydrogens is 380 g/mol. The molecule has 0 bridgehead atoms. The summed E-state index contributed by atoms with van der Waals surface area (Å²) >= 11 is 0. The Morgan fingerprint density at radius 2 is 1.93 bits per heavy atom. The Hall–Kier alpha value is -3.30. The zero-order valence-corrected chi connectivity index (χ0v) is 17.4. The van der Waals surface area contributed by atoms with Crippen molar-refractivity contribution < 1.29 is 19.5 Å². The molecule has 30 heavy (non-hydrogen) atoms. The summed E-state index contributed by atoms with van der Waals surface area (Å²) < 4.78 is 5.17. The largest absolute Gasteiger partial charge is 0.497 e. The van der Waals surface area contributed by atoms with Crippen LogP contribution in [0.5, 0.6) is 5.75 Å². The van der Waals surface area contributed by atoms with Crippen LogP contribution >= 0.6 is 0 Å². The average molecular weight is 406 g/mol. The molecule has 6 nitrogen and oxygen atoms in total. The number of amides is 1. The van der Waals surface area contributed by atoms with Crippen molar-refractivity contribution in [3.8, 4) is 17.6 Å². The summed E-state index contributed by atoms with van der Waals surface area (Å²) in [6, 6.07) is 14.8. The third kappa shape index (κ3) is 6.36. The Bertz CT molecular complexity index is 961. The summed E-state index contributed by atoms with van der Waals surface area (Å²) in [4.78, 5) is 17.8. The number of aliphatic hydroxyl groups is 1. The van der Waals surface area contributed by atoms with Gasteiger partial charge in [0, 0.05) is 24.0 Å². The van der Waals surface area contributed by atoms with Crippen molar-refractivity contribution in [1.29, 1.82) is 0 Å². The van der Waals surface area contributed by atoms with Gasteiger partial charge in [0.1, 0.15) is 17.5 Å². The standard InChI is InChI=1S/C24H26N2O4/c1-24(2,28)13-12-17-4-8-19(9-5-17)23(27)25-16-22-15-20(26-30-22)14-18-6-10-21(29-3)11-7-18/h4-11,22,28H,14-16H2,1-3H3,(H,25,27). The molecule has 0 saturated heterocycles. The van der Waals surface area contributed by atoms with Crippen LogP contribution in [-0.2, 0) is 11.3 Å². The summed E-state index contributed by atoms with van der Waals surface area (Å²) in [7, 11) is 1.64. The lowest BCUT2D eigenvalue weighted by molar-refractivity contribution is 0.0753. The van der Waals surface area contributed by atoms with E-state index in [1.165, 1.54) is 0 Å². The van der Waals surface area contributed by atoms with Crippen LogP contribution in [0.25, 0.3) is 0 Å². The number of carbonyl (C=O) groups is 1. The number of ether oxygens (including phenoxy) is 1. The van der Waals surface area contributed by atoms with Gasteiger partial charge in [-0.25, -0.2) is 0 Å². The fraction of sp³-hybridized carbons (Fsp3) is 0.333. The van der Waals surface area contributed by atoms with Gasteiger partial charge in [0.2, 0.25) is 0 Å². The molecule has 2 N–H and O–H groups in total. The smallest absolute Gasteiger partial charge is 0.251 e. The summed E-state index contributed by atoms with van der Waals surface area (Å²) in [6.45, 7) is 3.63. The molecule has 1 amide bonds. The molecule has 2 aromatic rings. The Morgan fingerprint density at radius 3 is 2.57 bits per heavy atom. The number of nitrogens with zero attached hydrogens (tertiary/aromatic N) is 1. The number of carbonyl (C=O) groups excluding carboxylic acids is 1. The summed E-state index contributed by atoms with van der Waals surface area (Å²) in [5.74, 6) is 6.27. The molecular formula is C24H26N2O4. The van der Waals surface area contributed by atoms with Crippen LogP contribution in [0.2, 0.25) is 0 Å². The van der Waals surface area contributed by atoms with Crippen molar-refractivity contribution in [1.82, 2.24) is 5.32 Å². The quantitative estimate of drug-likeness (QED) is 0.723. The Balaban J connectivity index is 1.45. The van der Waals surface area contributed by atoms with E-state index < -0.39 is 5.60 Å². The summed E-state index contributed by atoms with van der Waals surface area (Å²) in [5.41, 5.74) is 2.32. The fourth-order valence-corrected chi connectivity index (χ4v) is 2.92. The number of oxime groups is 1. The maximum absolute atomic E-state index is 12.4. The van der Waals surface area contributed by atoms with E-state index in [2.05, 4.69) is 22.3 Å². The van der Waals surface area contributed by atoms with Crippen LogP contribution in [-0.4, -0.2) is 42.1 Å². The molecule has 0 fully saturated rings. The van der Waals surface area contributed by atoms with E-state index in [4.69, 9.17) is 9.57 Å². The van der Waals surface area contributed by atoms with E-state index in [0.29, 0.717) is 24.9 Å². The first-order chi connectivity index (χ1) is 14.3. The van der Waals surface area contributed by atoms with E-state index in [0.717, 1.165) is 22.6 Å². The molecule has 0 radical (unpaired) electrons. The fourth-order valence-electron chi connectivity index (χ4n) is 2.92. The second-order valence-corrected chi connectivity index (χ2v) is 7.71. The molecule has 3 rings (SSSR count). The Labute approximate surface area is 176 Å². The highest BCUT2D eigenvalue weighted by molar-refractivity contribution is 5.94. The van der Waals surface area contributed by atoms with E-state index in [1.54, 1.807) is 45.2 Å². The zero-order valence-electron chi connectivity index (χ0n) is 17.4. The first kappa shape index (κ1) is 21.4. The van der Waals surface area contributed by atoms with Gasteiger partial charge >= 0.3 is 0 Å². The number of benzene rings is 2. The van der Waals surface area contributed by atoms with Crippen LogP contribution in [0.3, 0.4) is 0 Å². The van der Waals surface area contributed by atoms with Crippen molar-refractivity contribution in [3.05, 3.63) is 65.2 Å². The molecule has 0 saturated carbocycles. The van der Waals surface area contributed by atoms with Gasteiger partial charge in [-0.15, -0.1) is 0 Å². The molecule has 1 atom stereocenters. The van der Waals surface area contributed by atoms with Gasteiger partial charge in [0.15, 0.2) is 0 Å². The highest BCUT2D eigenvalue weighted by Crippen LogP contribution is 2.17. The summed E-state index contributed by atoms with van der Waals surface area (Å²) in [5, 5.41) is 16.7. The van der Waals surface area contributed by atoms with E-state index in [-0.39, 0.29) is 12.0 Å². The van der Waals surface area contributed by atoms with Crippen molar-refractivity contribution in [2.24, 2.45) is 5.16 Å². The first-order valence-electron chi connectivity index (χ1n) is 9.81. The lowest BCUT2D eigenvalue weighted by atomic mass is 10.0. The highest BCUT2D eigenvalue weighted by atomic mass is 16.6. The normalized spacial score (nSPS) is 15.5. The second kappa shape index (κ2) is 9.47. The van der Waals surface area contributed by atoms with Gasteiger partial charge in [0.25, 0.3) is 5.91 Å². The number of methoxy groups -OCH3 is 1. The molecule has 1 unspecified atom stereocenters. The van der Waals surface area contributed by atoms with Gasteiger partial charge in [-0.05, 0) is 55.8 Å². The van der Waals surface area contributed by atoms with Gasteiger partial charge < -0.3 is 20.0 Å². The predicted octanol–water partition coefficient (Wildman–Crippen LogP) is 2.94. The maximum Gasteiger partial charge on any atom is 0.251 e. The molecule has 0 spiro atoms. The number of rotatable bonds is 6. The maximum atomic E-state index is 12.4. The summed E-state index contributed by atoms with van der Waals surface area (Å²) in [6.07, 6.45) is 1.22. The highest BCUT2D eigenvalue weighted by Gasteiger charge is 2.22. The lowest BCUT2D eigenvalue weighted by Gasteiger charge is -2.10. The molecule has 1 aliphatic heterocycles. The molecule has 1 aliphatic rings. The van der Waals surface area contributed by atoms with Crippen LogP contribution in [0.15, 0.2) is 53.7 Å². The van der Waals surface area contributed by atoms with E-state index >= 15 is 0 Å². The number of hydrogen-bond acceptors (Lipinski definition) is 5. The second-order valence-electron chi connectivity index (χ2n) is 7.71. The van der Waals surface area contributed by atoms with Crippen molar-refractivity contribution in [3.63, 3.8) is 0 Å².